The summed E-state index contributed by atoms with van der Waals surface area (Å²) in [5, 5.41) is 17.0. The Bertz CT molecular complexity index is 588. The standard InChI is InChI=1S/C15H19N3O2/c1-2-15(6-8-16-9-7-15)14-17-13(18-20-14)11-4-3-5-12(19)10-11/h3-5,10,16,19H,2,6-9H2,1H3. The zero-order chi connectivity index (χ0) is 14.0. The summed E-state index contributed by atoms with van der Waals surface area (Å²) in [6, 6.07) is 6.93. The lowest BCUT2D eigenvalue weighted by Gasteiger charge is -2.33. The van der Waals surface area contributed by atoms with E-state index >= 15 is 0 Å². The minimum Gasteiger partial charge on any atom is -0.508 e. The highest BCUT2D eigenvalue weighted by Gasteiger charge is 2.37. The molecule has 0 spiro atoms. The Labute approximate surface area is 118 Å². The zero-order valence-electron chi connectivity index (χ0n) is 11.6. The number of hydrogen-bond acceptors (Lipinski definition) is 5. The summed E-state index contributed by atoms with van der Waals surface area (Å²) in [4.78, 5) is 4.57. The maximum atomic E-state index is 9.53. The maximum Gasteiger partial charge on any atom is 0.233 e. The van der Waals surface area contributed by atoms with Gasteiger partial charge in [0, 0.05) is 5.56 Å². The van der Waals surface area contributed by atoms with Gasteiger partial charge in [-0.1, -0.05) is 24.2 Å². The van der Waals surface area contributed by atoms with E-state index in [4.69, 9.17) is 4.52 Å². The number of nitrogens with zero attached hydrogens (tertiary/aromatic N) is 2. The van der Waals surface area contributed by atoms with Crippen molar-refractivity contribution in [2.24, 2.45) is 0 Å². The van der Waals surface area contributed by atoms with E-state index in [-0.39, 0.29) is 11.2 Å². The van der Waals surface area contributed by atoms with E-state index in [2.05, 4.69) is 22.4 Å². The Morgan fingerprint density at radius 2 is 2.15 bits per heavy atom. The lowest BCUT2D eigenvalue weighted by atomic mass is 9.76. The molecule has 5 heteroatoms. The van der Waals surface area contributed by atoms with E-state index in [0.717, 1.165) is 43.8 Å². The summed E-state index contributed by atoms with van der Waals surface area (Å²) < 4.78 is 5.52. The molecule has 106 valence electrons. The molecule has 2 heterocycles. The molecule has 0 unspecified atom stereocenters. The second-order valence-corrected chi connectivity index (χ2v) is 5.36. The lowest BCUT2D eigenvalue weighted by Crippen LogP contribution is -2.39. The highest BCUT2D eigenvalue weighted by molar-refractivity contribution is 5.56. The summed E-state index contributed by atoms with van der Waals surface area (Å²) in [5.74, 6) is 1.48. The van der Waals surface area contributed by atoms with Crippen molar-refractivity contribution >= 4 is 0 Å². The van der Waals surface area contributed by atoms with Crippen LogP contribution in [0.15, 0.2) is 28.8 Å². The summed E-state index contributed by atoms with van der Waals surface area (Å²) in [6.45, 7) is 4.14. The normalized spacial score (nSPS) is 18.1. The van der Waals surface area contributed by atoms with Crippen LogP contribution in [-0.4, -0.2) is 28.3 Å². The molecule has 0 bridgehead atoms. The number of rotatable bonds is 3. The molecule has 0 aliphatic carbocycles. The van der Waals surface area contributed by atoms with Crippen molar-refractivity contribution < 1.29 is 9.63 Å². The predicted molar refractivity (Wildman–Crippen MR) is 75.5 cm³/mol. The molecule has 3 rings (SSSR count). The molecule has 0 atom stereocenters. The first-order valence-corrected chi connectivity index (χ1v) is 7.08. The van der Waals surface area contributed by atoms with E-state index in [1.54, 1.807) is 18.2 Å². The Balaban J connectivity index is 1.93. The second kappa shape index (κ2) is 5.25. The smallest absolute Gasteiger partial charge is 0.233 e. The first-order valence-electron chi connectivity index (χ1n) is 7.08. The van der Waals surface area contributed by atoms with Crippen molar-refractivity contribution in [1.82, 2.24) is 15.5 Å². The van der Waals surface area contributed by atoms with Gasteiger partial charge in [-0.05, 0) is 44.5 Å². The van der Waals surface area contributed by atoms with E-state index < -0.39 is 0 Å². The first kappa shape index (κ1) is 13.1. The summed E-state index contributed by atoms with van der Waals surface area (Å²) in [6.07, 6.45) is 3.03. The monoisotopic (exact) mass is 273 g/mol. The van der Waals surface area contributed by atoms with Gasteiger partial charge in [-0.15, -0.1) is 0 Å². The third-order valence-corrected chi connectivity index (χ3v) is 4.22. The van der Waals surface area contributed by atoms with Crippen LogP contribution < -0.4 is 5.32 Å². The van der Waals surface area contributed by atoms with Gasteiger partial charge < -0.3 is 14.9 Å². The Kier molecular flexibility index (Phi) is 3.44. The number of phenols is 1. The third-order valence-electron chi connectivity index (χ3n) is 4.22. The molecule has 20 heavy (non-hydrogen) atoms. The molecule has 2 N–H and O–H groups in total. The Morgan fingerprint density at radius 1 is 1.35 bits per heavy atom. The molecule has 1 aromatic carbocycles. The van der Waals surface area contributed by atoms with Crippen LogP contribution >= 0.6 is 0 Å². The fraction of sp³-hybridized carbons (Fsp3) is 0.467. The molecule has 1 aliphatic rings. The van der Waals surface area contributed by atoms with E-state index in [9.17, 15) is 5.11 Å². The van der Waals surface area contributed by atoms with Crippen molar-refractivity contribution in [3.63, 3.8) is 0 Å². The minimum atomic E-state index is -0.00662. The number of hydrogen-bond donors (Lipinski definition) is 2. The molecule has 1 aromatic heterocycles. The van der Waals surface area contributed by atoms with E-state index in [1.807, 2.05) is 6.07 Å². The summed E-state index contributed by atoms with van der Waals surface area (Å²) >= 11 is 0. The van der Waals surface area contributed by atoms with Gasteiger partial charge in [-0.25, -0.2) is 0 Å². The van der Waals surface area contributed by atoms with Gasteiger partial charge in [0.1, 0.15) is 5.75 Å². The van der Waals surface area contributed by atoms with Crippen LogP contribution in [0.2, 0.25) is 0 Å². The molecule has 1 saturated heterocycles. The molecular weight excluding hydrogens is 254 g/mol. The highest BCUT2D eigenvalue weighted by atomic mass is 16.5. The molecule has 0 radical (unpaired) electrons. The van der Waals surface area contributed by atoms with Crippen molar-refractivity contribution in [2.45, 2.75) is 31.6 Å². The molecule has 0 amide bonds. The van der Waals surface area contributed by atoms with Crippen molar-refractivity contribution in [3.05, 3.63) is 30.2 Å². The van der Waals surface area contributed by atoms with E-state index in [0.29, 0.717) is 5.82 Å². The van der Waals surface area contributed by atoms with Crippen molar-refractivity contribution in [3.8, 4) is 17.1 Å². The zero-order valence-corrected chi connectivity index (χ0v) is 11.6. The largest absolute Gasteiger partial charge is 0.508 e. The van der Waals surface area contributed by atoms with Crippen LogP contribution in [0.25, 0.3) is 11.4 Å². The molecule has 5 nitrogen and oxygen atoms in total. The Morgan fingerprint density at radius 3 is 2.85 bits per heavy atom. The van der Waals surface area contributed by atoms with Crippen LogP contribution in [0.1, 0.15) is 32.1 Å². The summed E-state index contributed by atoms with van der Waals surface area (Å²) in [5.41, 5.74) is 0.771. The fourth-order valence-electron chi connectivity index (χ4n) is 2.83. The van der Waals surface area contributed by atoms with Gasteiger partial charge in [-0.3, -0.25) is 0 Å². The van der Waals surface area contributed by atoms with Gasteiger partial charge in [0.2, 0.25) is 11.7 Å². The average Bonchev–Trinajstić information content (AvgIpc) is 2.98. The van der Waals surface area contributed by atoms with Crippen molar-refractivity contribution in [1.29, 1.82) is 0 Å². The van der Waals surface area contributed by atoms with Crippen molar-refractivity contribution in [2.75, 3.05) is 13.1 Å². The SMILES string of the molecule is CCC1(c2nc(-c3cccc(O)c3)no2)CCNCC1. The number of piperidine rings is 1. The fourth-order valence-corrected chi connectivity index (χ4v) is 2.83. The molecule has 0 saturated carbocycles. The van der Waals surface area contributed by atoms with Gasteiger partial charge in [0.15, 0.2) is 0 Å². The van der Waals surface area contributed by atoms with Crippen LogP contribution in [0, 0.1) is 0 Å². The first-order chi connectivity index (χ1) is 9.73. The average molecular weight is 273 g/mol. The van der Waals surface area contributed by atoms with Crippen LogP contribution in [0.3, 0.4) is 0 Å². The number of aromatic nitrogens is 2. The van der Waals surface area contributed by atoms with Crippen LogP contribution in [-0.2, 0) is 5.41 Å². The third kappa shape index (κ3) is 2.29. The predicted octanol–water partition coefficient (Wildman–Crippen LogP) is 2.47. The maximum absolute atomic E-state index is 9.53. The molecule has 1 fully saturated rings. The minimum absolute atomic E-state index is 0.00662. The van der Waals surface area contributed by atoms with Gasteiger partial charge in [0.05, 0.1) is 5.41 Å². The molecular formula is C15H19N3O2. The topological polar surface area (TPSA) is 71.2 Å². The number of phenolic OH excluding ortho intramolecular Hbond substituents is 1. The number of nitrogens with one attached hydrogen (secondary N) is 1. The number of benzene rings is 1. The molecule has 2 aromatic rings. The quantitative estimate of drug-likeness (QED) is 0.899. The van der Waals surface area contributed by atoms with Crippen LogP contribution in [0.5, 0.6) is 5.75 Å². The van der Waals surface area contributed by atoms with E-state index in [1.165, 1.54) is 0 Å². The molecule has 1 aliphatic heterocycles. The second-order valence-electron chi connectivity index (χ2n) is 5.36. The lowest BCUT2D eigenvalue weighted by molar-refractivity contribution is 0.216. The summed E-state index contributed by atoms with van der Waals surface area (Å²) in [7, 11) is 0. The highest BCUT2D eigenvalue weighted by Crippen LogP contribution is 2.36. The Hall–Kier alpha value is -1.88. The van der Waals surface area contributed by atoms with Gasteiger partial charge >= 0.3 is 0 Å². The van der Waals surface area contributed by atoms with Gasteiger partial charge in [-0.2, -0.15) is 4.98 Å². The number of aromatic hydroxyl groups is 1. The van der Waals surface area contributed by atoms with Gasteiger partial charge in [0.25, 0.3) is 0 Å². The van der Waals surface area contributed by atoms with Crippen LogP contribution in [0.4, 0.5) is 0 Å².